The lowest BCUT2D eigenvalue weighted by molar-refractivity contribution is -0.121. The highest BCUT2D eigenvalue weighted by Crippen LogP contribution is 2.24. The number of ether oxygens (including phenoxy) is 3. The summed E-state index contributed by atoms with van der Waals surface area (Å²) in [5, 5.41) is 3.03. The number of rotatable bonds is 10. The van der Waals surface area contributed by atoms with Crippen molar-refractivity contribution in [2.24, 2.45) is 5.92 Å². The van der Waals surface area contributed by atoms with E-state index in [1.165, 1.54) is 5.56 Å². The van der Waals surface area contributed by atoms with Gasteiger partial charge in [-0.25, -0.2) is 4.79 Å². The lowest BCUT2D eigenvalue weighted by Crippen LogP contribution is -2.41. The molecular formula is C30H40N2O6. The Morgan fingerprint density at radius 1 is 0.947 bits per heavy atom. The van der Waals surface area contributed by atoms with Crippen LogP contribution in [0.3, 0.4) is 0 Å². The molecule has 1 fully saturated rings. The number of nitrogens with one attached hydrogen (secondary N) is 1. The van der Waals surface area contributed by atoms with E-state index in [1.54, 1.807) is 31.2 Å². The number of likely N-dealkylation sites (tertiary alicyclic amines) is 1. The third-order valence-electron chi connectivity index (χ3n) is 6.59. The number of carbonyl (C=O) groups is 3. The Labute approximate surface area is 225 Å². The van der Waals surface area contributed by atoms with Crippen molar-refractivity contribution in [3.05, 3.63) is 59.7 Å². The molecule has 1 aliphatic heterocycles. The largest absolute Gasteiger partial charge is 0.513 e. The molecule has 0 unspecified atom stereocenters. The smallest absolute Gasteiger partial charge is 0.494 e. The summed E-state index contributed by atoms with van der Waals surface area (Å²) in [4.78, 5) is 38.3. The maximum atomic E-state index is 12.8. The van der Waals surface area contributed by atoms with E-state index in [4.69, 9.17) is 14.2 Å². The van der Waals surface area contributed by atoms with Gasteiger partial charge in [0.2, 0.25) is 5.91 Å². The molecule has 3 rings (SSSR count). The average molecular weight is 525 g/mol. The summed E-state index contributed by atoms with van der Waals surface area (Å²) in [5.41, 5.74) is 1.91. The quantitative estimate of drug-likeness (QED) is 0.256. The Morgan fingerprint density at radius 2 is 1.58 bits per heavy atom. The predicted molar refractivity (Wildman–Crippen MR) is 146 cm³/mol. The summed E-state index contributed by atoms with van der Waals surface area (Å²) in [7, 11) is 0. The van der Waals surface area contributed by atoms with Gasteiger partial charge in [-0.1, -0.05) is 32.9 Å². The molecule has 0 saturated carbocycles. The fourth-order valence-corrected chi connectivity index (χ4v) is 4.25. The molecule has 0 aromatic heterocycles. The highest BCUT2D eigenvalue weighted by Gasteiger charge is 2.24. The van der Waals surface area contributed by atoms with Crippen LogP contribution in [0, 0.1) is 5.92 Å². The summed E-state index contributed by atoms with van der Waals surface area (Å²) in [6.45, 7) is 10.9. The molecule has 1 N–H and O–H groups in total. The predicted octanol–water partition coefficient (Wildman–Crippen LogP) is 5.35. The normalized spacial score (nSPS) is 14.1. The highest BCUT2D eigenvalue weighted by molar-refractivity contribution is 5.94. The molecule has 8 nitrogen and oxygen atoms in total. The van der Waals surface area contributed by atoms with Crippen LogP contribution in [0.5, 0.6) is 11.5 Å². The second-order valence-electron chi connectivity index (χ2n) is 10.6. The van der Waals surface area contributed by atoms with E-state index < -0.39 is 6.16 Å². The van der Waals surface area contributed by atoms with Gasteiger partial charge in [0, 0.05) is 31.6 Å². The zero-order valence-corrected chi connectivity index (χ0v) is 23.0. The summed E-state index contributed by atoms with van der Waals surface area (Å²) < 4.78 is 15.6. The van der Waals surface area contributed by atoms with E-state index in [0.717, 1.165) is 18.6 Å². The van der Waals surface area contributed by atoms with Gasteiger partial charge in [0.25, 0.3) is 5.91 Å². The molecule has 2 aromatic carbocycles. The van der Waals surface area contributed by atoms with Gasteiger partial charge >= 0.3 is 6.16 Å². The number of nitrogens with zero attached hydrogens (tertiary/aromatic N) is 1. The number of piperidine rings is 1. The first-order valence-corrected chi connectivity index (χ1v) is 13.4. The Hall–Kier alpha value is -3.55. The molecule has 1 heterocycles. The van der Waals surface area contributed by atoms with Gasteiger partial charge in [0.05, 0.1) is 13.2 Å². The van der Waals surface area contributed by atoms with Crippen molar-refractivity contribution in [1.29, 1.82) is 0 Å². The summed E-state index contributed by atoms with van der Waals surface area (Å²) in [5.74, 6) is 1.47. The van der Waals surface area contributed by atoms with E-state index >= 15 is 0 Å². The third-order valence-corrected chi connectivity index (χ3v) is 6.59. The van der Waals surface area contributed by atoms with Crippen LogP contribution in [-0.2, 0) is 14.9 Å². The Kier molecular flexibility index (Phi) is 10.6. The van der Waals surface area contributed by atoms with Crippen molar-refractivity contribution in [2.45, 2.75) is 58.8 Å². The molecule has 2 aromatic rings. The fourth-order valence-electron chi connectivity index (χ4n) is 4.25. The molecule has 0 spiro atoms. The lowest BCUT2D eigenvalue weighted by atomic mass is 9.87. The highest BCUT2D eigenvalue weighted by atomic mass is 16.7. The van der Waals surface area contributed by atoms with Crippen molar-refractivity contribution in [3.63, 3.8) is 0 Å². The van der Waals surface area contributed by atoms with Crippen molar-refractivity contribution >= 4 is 18.0 Å². The molecule has 2 amide bonds. The minimum atomic E-state index is -0.768. The van der Waals surface area contributed by atoms with Gasteiger partial charge in [-0.2, -0.15) is 0 Å². The van der Waals surface area contributed by atoms with Crippen LogP contribution in [0.2, 0.25) is 0 Å². The minimum Gasteiger partial charge on any atom is -0.494 e. The van der Waals surface area contributed by atoms with Gasteiger partial charge in [0.15, 0.2) is 0 Å². The van der Waals surface area contributed by atoms with E-state index in [0.29, 0.717) is 56.3 Å². The standard InChI is InChI=1S/C30H40N2O6/c1-5-36-29(35)38-26-12-8-23(9-13-26)28(34)32-18-16-22(17-19-32)21-31-27(33)7-6-20-37-25-14-10-24(11-15-25)30(2,3)4/h8-15,22H,5-7,16-21H2,1-4H3,(H,31,33). The lowest BCUT2D eigenvalue weighted by Gasteiger charge is -2.32. The Balaban J connectivity index is 1.30. The molecule has 206 valence electrons. The van der Waals surface area contributed by atoms with Gasteiger partial charge in [-0.15, -0.1) is 0 Å². The molecule has 8 heteroatoms. The molecule has 0 radical (unpaired) electrons. The summed E-state index contributed by atoms with van der Waals surface area (Å²) in [6, 6.07) is 14.6. The Bertz CT molecular complexity index is 1050. The molecule has 1 saturated heterocycles. The first-order chi connectivity index (χ1) is 18.2. The Morgan fingerprint density at radius 3 is 2.18 bits per heavy atom. The number of amides is 2. The van der Waals surface area contributed by atoms with Gasteiger partial charge < -0.3 is 24.4 Å². The number of benzene rings is 2. The van der Waals surface area contributed by atoms with E-state index in [9.17, 15) is 14.4 Å². The van der Waals surface area contributed by atoms with Crippen molar-refractivity contribution in [3.8, 4) is 11.5 Å². The SMILES string of the molecule is CCOC(=O)Oc1ccc(C(=O)N2CCC(CNC(=O)CCCOc3ccc(C(C)(C)C)cc3)CC2)cc1. The van der Waals surface area contributed by atoms with Gasteiger partial charge in [0.1, 0.15) is 11.5 Å². The van der Waals surface area contributed by atoms with E-state index in [1.807, 2.05) is 17.0 Å². The molecule has 0 bridgehead atoms. The second kappa shape index (κ2) is 13.8. The monoisotopic (exact) mass is 524 g/mol. The van der Waals surface area contributed by atoms with Crippen molar-refractivity contribution in [2.75, 3.05) is 32.8 Å². The van der Waals surface area contributed by atoms with Gasteiger partial charge in [-0.3, -0.25) is 9.59 Å². The number of hydrogen-bond donors (Lipinski definition) is 1. The van der Waals surface area contributed by atoms with Crippen LogP contribution in [0.15, 0.2) is 48.5 Å². The van der Waals surface area contributed by atoms with E-state index in [-0.39, 0.29) is 23.8 Å². The zero-order chi connectivity index (χ0) is 27.5. The molecule has 1 aliphatic rings. The van der Waals surface area contributed by atoms with Crippen LogP contribution in [0.4, 0.5) is 4.79 Å². The number of carbonyl (C=O) groups excluding carboxylic acids is 3. The molecule has 0 aliphatic carbocycles. The van der Waals surface area contributed by atoms with Crippen LogP contribution in [-0.4, -0.2) is 55.7 Å². The van der Waals surface area contributed by atoms with E-state index in [2.05, 4.69) is 38.2 Å². The molecular weight excluding hydrogens is 484 g/mol. The van der Waals surface area contributed by atoms with Crippen molar-refractivity contribution < 1.29 is 28.6 Å². The van der Waals surface area contributed by atoms with Crippen LogP contribution < -0.4 is 14.8 Å². The first kappa shape index (κ1) is 29.0. The minimum absolute atomic E-state index is 0.0281. The maximum absolute atomic E-state index is 12.8. The van der Waals surface area contributed by atoms with Crippen LogP contribution in [0.25, 0.3) is 0 Å². The summed E-state index contributed by atoms with van der Waals surface area (Å²) in [6.07, 6.45) is 1.99. The zero-order valence-electron chi connectivity index (χ0n) is 23.0. The first-order valence-electron chi connectivity index (χ1n) is 13.4. The van der Waals surface area contributed by atoms with Crippen molar-refractivity contribution in [1.82, 2.24) is 10.2 Å². The summed E-state index contributed by atoms with van der Waals surface area (Å²) >= 11 is 0. The fraction of sp³-hybridized carbons (Fsp3) is 0.500. The second-order valence-corrected chi connectivity index (χ2v) is 10.6. The van der Waals surface area contributed by atoms with Gasteiger partial charge in [-0.05, 0) is 79.5 Å². The molecule has 38 heavy (non-hydrogen) atoms. The molecule has 0 atom stereocenters. The number of hydrogen-bond acceptors (Lipinski definition) is 6. The van der Waals surface area contributed by atoms with Crippen LogP contribution in [0.1, 0.15) is 69.3 Å². The third kappa shape index (κ3) is 9.08. The maximum Gasteiger partial charge on any atom is 0.513 e. The van der Waals surface area contributed by atoms with Crippen LogP contribution >= 0.6 is 0 Å². The average Bonchev–Trinajstić information content (AvgIpc) is 2.90. The topological polar surface area (TPSA) is 94.2 Å².